The number of nitrogens with zero attached hydrogens (tertiary/aromatic N) is 2. The molecule has 6 nitrogen and oxygen atoms in total. The van der Waals surface area contributed by atoms with Crippen LogP contribution in [0.2, 0.25) is 0 Å². The molecule has 0 spiro atoms. The third-order valence-corrected chi connectivity index (χ3v) is 4.79. The Morgan fingerprint density at radius 1 is 1.23 bits per heavy atom. The van der Waals surface area contributed by atoms with E-state index in [1.165, 1.54) is 11.8 Å². The molecule has 0 radical (unpaired) electrons. The third-order valence-electron chi connectivity index (χ3n) is 3.25. The molecule has 0 aliphatic rings. The average molecular weight is 481 g/mol. The molecule has 0 atom stereocenters. The van der Waals surface area contributed by atoms with Crippen LogP contribution in [-0.4, -0.2) is 21.9 Å². The molecule has 1 heterocycles. The molecular formula is C18H16IN3O3S. The number of halogens is 1. The Hall–Kier alpha value is -2.07. The molecule has 0 bridgehead atoms. The Bertz CT molecular complexity index is 883. The number of aryl methyl sites for hydroxylation is 1. The van der Waals surface area contributed by atoms with E-state index < -0.39 is 0 Å². The second-order valence-corrected chi connectivity index (χ2v) is 7.58. The lowest BCUT2D eigenvalue weighted by Crippen LogP contribution is -2.13. The number of anilines is 1. The van der Waals surface area contributed by atoms with Gasteiger partial charge in [-0.2, -0.15) is 0 Å². The molecular weight excluding hydrogens is 465 g/mol. The van der Waals surface area contributed by atoms with Crippen molar-refractivity contribution in [3.8, 4) is 5.75 Å². The highest BCUT2D eigenvalue weighted by atomic mass is 127. The van der Waals surface area contributed by atoms with Gasteiger partial charge in [0, 0.05) is 9.26 Å². The summed E-state index contributed by atoms with van der Waals surface area (Å²) in [4.78, 5) is 12.0. The van der Waals surface area contributed by atoms with E-state index in [1.54, 1.807) is 0 Å². The molecule has 8 heteroatoms. The third kappa shape index (κ3) is 5.73. The number of thioether (sulfide) groups is 1. The normalized spacial score (nSPS) is 10.5. The second-order valence-electron chi connectivity index (χ2n) is 5.41. The van der Waals surface area contributed by atoms with Crippen LogP contribution in [0.25, 0.3) is 0 Å². The highest BCUT2D eigenvalue weighted by Gasteiger charge is 2.10. The van der Waals surface area contributed by atoms with E-state index in [0.717, 1.165) is 20.6 Å². The zero-order chi connectivity index (χ0) is 18.4. The van der Waals surface area contributed by atoms with Gasteiger partial charge in [0.2, 0.25) is 5.91 Å². The molecule has 3 aromatic rings. The van der Waals surface area contributed by atoms with Crippen LogP contribution in [0.1, 0.15) is 11.5 Å². The summed E-state index contributed by atoms with van der Waals surface area (Å²) in [7, 11) is 0. The van der Waals surface area contributed by atoms with Gasteiger partial charge in [-0.25, -0.2) is 0 Å². The monoisotopic (exact) mass is 481 g/mol. The van der Waals surface area contributed by atoms with Crippen molar-refractivity contribution in [1.82, 2.24) is 10.2 Å². The van der Waals surface area contributed by atoms with Crippen LogP contribution in [-0.2, 0) is 11.4 Å². The molecule has 2 aromatic carbocycles. The number of benzene rings is 2. The Kier molecular flexibility index (Phi) is 6.51. The first-order chi connectivity index (χ1) is 12.6. The van der Waals surface area contributed by atoms with Gasteiger partial charge < -0.3 is 14.5 Å². The van der Waals surface area contributed by atoms with E-state index in [-0.39, 0.29) is 18.3 Å². The summed E-state index contributed by atoms with van der Waals surface area (Å²) in [5.74, 6) is 1.17. The Morgan fingerprint density at radius 2 is 2.04 bits per heavy atom. The van der Waals surface area contributed by atoms with E-state index in [9.17, 15) is 4.79 Å². The summed E-state index contributed by atoms with van der Waals surface area (Å²) in [5, 5.41) is 11.0. The lowest BCUT2D eigenvalue weighted by atomic mass is 10.2. The quantitative estimate of drug-likeness (QED) is 0.401. The van der Waals surface area contributed by atoms with Crippen LogP contribution >= 0.6 is 34.4 Å². The molecule has 3 rings (SSSR count). The average Bonchev–Trinajstić information content (AvgIpc) is 3.08. The molecule has 1 N–H and O–H groups in total. The molecule has 0 aliphatic heterocycles. The van der Waals surface area contributed by atoms with Crippen LogP contribution in [0, 0.1) is 10.5 Å². The van der Waals surface area contributed by atoms with Gasteiger partial charge in [-0.15, -0.1) is 10.2 Å². The first kappa shape index (κ1) is 18.7. The fraction of sp³-hybridized carbons (Fsp3) is 0.167. The number of aromatic nitrogens is 2. The number of carbonyl (C=O) groups excluding carboxylic acids is 1. The van der Waals surface area contributed by atoms with Crippen LogP contribution in [0.5, 0.6) is 5.75 Å². The van der Waals surface area contributed by atoms with Gasteiger partial charge in [0.05, 0.1) is 5.75 Å². The fourth-order valence-electron chi connectivity index (χ4n) is 2.06. The predicted octanol–water partition coefficient (Wildman–Crippen LogP) is 4.29. The lowest BCUT2D eigenvalue weighted by molar-refractivity contribution is -0.113. The molecule has 134 valence electrons. The summed E-state index contributed by atoms with van der Waals surface area (Å²) in [6.07, 6.45) is 0. The first-order valence-electron chi connectivity index (χ1n) is 7.78. The standard InChI is InChI=1S/C18H16IN3O3S/c1-12-3-2-4-15(9-12)24-10-17-21-22-18(25-17)26-11-16(23)20-14-7-5-13(19)6-8-14/h2-9H,10-11H2,1H3,(H,20,23). The van der Waals surface area contributed by atoms with Crippen molar-refractivity contribution >= 4 is 45.9 Å². The van der Waals surface area contributed by atoms with E-state index in [2.05, 4.69) is 38.1 Å². The Balaban J connectivity index is 1.45. The van der Waals surface area contributed by atoms with Crippen LogP contribution in [0.4, 0.5) is 5.69 Å². The van der Waals surface area contributed by atoms with Gasteiger partial charge >= 0.3 is 0 Å². The highest BCUT2D eigenvalue weighted by Crippen LogP contribution is 2.19. The second kappa shape index (κ2) is 9.04. The zero-order valence-corrected chi connectivity index (χ0v) is 16.9. The summed E-state index contributed by atoms with van der Waals surface area (Å²) >= 11 is 3.40. The number of carbonyl (C=O) groups is 1. The smallest absolute Gasteiger partial charge is 0.277 e. The maximum absolute atomic E-state index is 12.0. The van der Waals surface area contributed by atoms with Crippen molar-refractivity contribution in [1.29, 1.82) is 0 Å². The molecule has 0 saturated heterocycles. The van der Waals surface area contributed by atoms with Crippen LogP contribution in [0.3, 0.4) is 0 Å². The van der Waals surface area contributed by atoms with Gasteiger partial charge in [0.25, 0.3) is 11.1 Å². The van der Waals surface area contributed by atoms with Crippen molar-refractivity contribution < 1.29 is 13.9 Å². The maximum atomic E-state index is 12.0. The largest absolute Gasteiger partial charge is 0.484 e. The SMILES string of the molecule is Cc1cccc(OCc2nnc(SCC(=O)Nc3ccc(I)cc3)o2)c1. The predicted molar refractivity (Wildman–Crippen MR) is 108 cm³/mol. The minimum atomic E-state index is -0.132. The Labute approximate surface area is 168 Å². The number of hydrogen-bond acceptors (Lipinski definition) is 6. The molecule has 1 aromatic heterocycles. The van der Waals surface area contributed by atoms with E-state index in [4.69, 9.17) is 9.15 Å². The molecule has 26 heavy (non-hydrogen) atoms. The summed E-state index contributed by atoms with van der Waals surface area (Å²) < 4.78 is 12.2. The van der Waals surface area contributed by atoms with E-state index in [1.807, 2.05) is 55.5 Å². The van der Waals surface area contributed by atoms with E-state index >= 15 is 0 Å². The molecule has 0 aliphatic carbocycles. The number of ether oxygens (including phenoxy) is 1. The summed E-state index contributed by atoms with van der Waals surface area (Å²) in [5.41, 5.74) is 1.87. The summed E-state index contributed by atoms with van der Waals surface area (Å²) in [6, 6.07) is 15.3. The van der Waals surface area contributed by atoms with Crippen molar-refractivity contribution in [2.45, 2.75) is 18.8 Å². The summed E-state index contributed by atoms with van der Waals surface area (Å²) in [6.45, 7) is 2.18. The van der Waals surface area contributed by atoms with E-state index in [0.29, 0.717) is 11.1 Å². The minimum Gasteiger partial charge on any atom is -0.484 e. The van der Waals surface area contributed by atoms with Crippen molar-refractivity contribution in [2.24, 2.45) is 0 Å². The van der Waals surface area contributed by atoms with Crippen molar-refractivity contribution in [3.05, 3.63) is 63.6 Å². The lowest BCUT2D eigenvalue weighted by Gasteiger charge is -2.04. The van der Waals surface area contributed by atoms with Gasteiger partial charge in [-0.3, -0.25) is 4.79 Å². The fourth-order valence-corrected chi connectivity index (χ4v) is 3.00. The van der Waals surface area contributed by atoms with Crippen molar-refractivity contribution in [3.63, 3.8) is 0 Å². The molecule has 1 amide bonds. The topological polar surface area (TPSA) is 77.2 Å². The van der Waals surface area contributed by atoms with Gasteiger partial charge in [0.15, 0.2) is 6.61 Å². The minimum absolute atomic E-state index is 0.132. The zero-order valence-electron chi connectivity index (χ0n) is 13.9. The van der Waals surface area contributed by atoms with Gasteiger partial charge in [0.1, 0.15) is 5.75 Å². The molecule has 0 saturated carbocycles. The van der Waals surface area contributed by atoms with Crippen LogP contribution < -0.4 is 10.1 Å². The maximum Gasteiger partial charge on any atom is 0.277 e. The molecule has 0 unspecified atom stereocenters. The van der Waals surface area contributed by atoms with Gasteiger partial charge in [-0.05, 0) is 71.5 Å². The number of amides is 1. The number of rotatable bonds is 7. The van der Waals surface area contributed by atoms with Crippen molar-refractivity contribution in [2.75, 3.05) is 11.1 Å². The molecule has 0 fully saturated rings. The van der Waals surface area contributed by atoms with Crippen LogP contribution in [0.15, 0.2) is 58.2 Å². The first-order valence-corrected chi connectivity index (χ1v) is 9.85. The number of hydrogen-bond donors (Lipinski definition) is 1. The Morgan fingerprint density at radius 3 is 2.81 bits per heavy atom. The highest BCUT2D eigenvalue weighted by molar-refractivity contribution is 14.1. The van der Waals surface area contributed by atoms with Gasteiger partial charge in [-0.1, -0.05) is 23.9 Å². The number of nitrogens with one attached hydrogen (secondary N) is 1.